The van der Waals surface area contributed by atoms with Crippen LogP contribution in [0.1, 0.15) is 83.2 Å². The highest BCUT2D eigenvalue weighted by Gasteiger charge is 2.44. The lowest BCUT2D eigenvalue weighted by Crippen LogP contribution is -2.49. The number of nitrogens with zero attached hydrogens (tertiary/aromatic N) is 5. The van der Waals surface area contributed by atoms with Gasteiger partial charge < -0.3 is 14.2 Å². The fourth-order valence-electron chi connectivity index (χ4n) is 8.32. The van der Waals surface area contributed by atoms with E-state index in [4.69, 9.17) is 9.72 Å². The van der Waals surface area contributed by atoms with Gasteiger partial charge in [-0.05, 0) is 93.7 Å². The summed E-state index contributed by atoms with van der Waals surface area (Å²) in [6.45, 7) is 4.62. The molecule has 0 radical (unpaired) electrons. The Balaban J connectivity index is 1.04. The molecule has 8 nitrogen and oxygen atoms in total. The van der Waals surface area contributed by atoms with Crippen molar-refractivity contribution in [2.75, 3.05) is 26.7 Å². The van der Waals surface area contributed by atoms with Crippen molar-refractivity contribution in [1.82, 2.24) is 24.3 Å². The van der Waals surface area contributed by atoms with Gasteiger partial charge in [-0.2, -0.15) is 0 Å². The third-order valence-corrected chi connectivity index (χ3v) is 10.6. The Hall–Kier alpha value is -4.04. The first kappa shape index (κ1) is 28.7. The number of aryl methyl sites for hydroxylation is 1. The Bertz CT molecular complexity index is 1630. The molecule has 228 valence electrons. The molecule has 3 aliphatic rings. The molecule has 3 atom stereocenters. The van der Waals surface area contributed by atoms with Crippen molar-refractivity contribution in [3.8, 4) is 0 Å². The number of amides is 1. The number of hydrogen-bond donors (Lipinski definition) is 0. The number of piperidine rings is 2. The van der Waals surface area contributed by atoms with Gasteiger partial charge in [-0.25, -0.2) is 9.78 Å². The zero-order chi connectivity index (χ0) is 30.3. The predicted octanol–water partition coefficient (Wildman–Crippen LogP) is 5.96. The Morgan fingerprint density at radius 3 is 2.30 bits per heavy atom. The summed E-state index contributed by atoms with van der Waals surface area (Å²) in [4.78, 5) is 39.0. The zero-order valence-electron chi connectivity index (χ0n) is 25.7. The van der Waals surface area contributed by atoms with E-state index in [-0.39, 0.29) is 11.3 Å². The number of likely N-dealkylation sites (tertiary alicyclic amines) is 1. The van der Waals surface area contributed by atoms with E-state index in [1.165, 1.54) is 50.1 Å². The third-order valence-electron chi connectivity index (χ3n) is 10.6. The number of carbonyl (C=O) groups is 2. The van der Waals surface area contributed by atoms with Crippen molar-refractivity contribution < 1.29 is 14.3 Å². The molecule has 0 N–H and O–H groups in total. The van der Waals surface area contributed by atoms with Gasteiger partial charge in [0.2, 0.25) is 0 Å². The standard InChI is InChI=1S/C36H41N5O3/c1-25-38-31-10-6-7-11-33(31)41(25)30-22-28-13-14-29(23-30)40(28)21-18-36(27-8-4-3-5-9-27)16-19-39(20-17-36)34(42)32-15-12-26(24-37-32)35(43)44-2/h3-12,15,24,28-30H,13-14,16-23H2,1-2H3/t28-,29+,30+. The number of rotatable bonds is 7. The molecule has 0 aliphatic carbocycles. The number of methoxy groups -OCH3 is 1. The number of fused-ring (bicyclic) bond motifs is 3. The average Bonchev–Trinajstić information content (AvgIpc) is 3.53. The Morgan fingerprint density at radius 1 is 0.909 bits per heavy atom. The number of pyridine rings is 1. The molecule has 0 spiro atoms. The summed E-state index contributed by atoms with van der Waals surface area (Å²) in [5.74, 6) is 0.596. The number of aromatic nitrogens is 3. The van der Waals surface area contributed by atoms with Crippen LogP contribution in [0.3, 0.4) is 0 Å². The van der Waals surface area contributed by atoms with Crippen molar-refractivity contribution in [3.05, 3.63) is 95.6 Å². The Labute approximate surface area is 259 Å². The van der Waals surface area contributed by atoms with E-state index >= 15 is 0 Å². The third kappa shape index (κ3) is 5.19. The fourth-order valence-corrected chi connectivity index (χ4v) is 8.32. The number of ether oxygens (including phenoxy) is 1. The maximum Gasteiger partial charge on any atom is 0.339 e. The highest BCUT2D eigenvalue weighted by molar-refractivity contribution is 5.94. The fraction of sp³-hybridized carbons (Fsp3) is 0.444. The van der Waals surface area contributed by atoms with Crippen LogP contribution in [0.15, 0.2) is 72.9 Å². The molecule has 1 amide bonds. The number of para-hydroxylation sites is 2. The molecule has 5 heterocycles. The lowest BCUT2D eigenvalue weighted by Gasteiger charge is -2.45. The number of benzene rings is 2. The predicted molar refractivity (Wildman–Crippen MR) is 170 cm³/mol. The minimum Gasteiger partial charge on any atom is -0.465 e. The summed E-state index contributed by atoms with van der Waals surface area (Å²) in [5, 5.41) is 0. The summed E-state index contributed by atoms with van der Waals surface area (Å²) in [6, 6.07) is 24.4. The van der Waals surface area contributed by atoms with Crippen molar-refractivity contribution >= 4 is 22.9 Å². The van der Waals surface area contributed by atoms with E-state index in [1.807, 2.05) is 4.90 Å². The van der Waals surface area contributed by atoms with Crippen molar-refractivity contribution in [1.29, 1.82) is 0 Å². The Kier molecular flexibility index (Phi) is 7.70. The molecule has 0 unspecified atom stereocenters. The van der Waals surface area contributed by atoms with Gasteiger partial charge >= 0.3 is 5.97 Å². The number of carbonyl (C=O) groups excluding carboxylic acids is 2. The largest absolute Gasteiger partial charge is 0.465 e. The van der Waals surface area contributed by atoms with Gasteiger partial charge in [0, 0.05) is 37.4 Å². The second kappa shape index (κ2) is 11.8. The van der Waals surface area contributed by atoms with Crippen LogP contribution in [0.25, 0.3) is 11.0 Å². The van der Waals surface area contributed by atoms with Crippen LogP contribution in [0.2, 0.25) is 0 Å². The van der Waals surface area contributed by atoms with Crippen LogP contribution >= 0.6 is 0 Å². The van der Waals surface area contributed by atoms with E-state index in [0.717, 1.165) is 37.1 Å². The molecule has 44 heavy (non-hydrogen) atoms. The average molecular weight is 592 g/mol. The molecular formula is C36H41N5O3. The van der Waals surface area contributed by atoms with Crippen LogP contribution in [0, 0.1) is 6.92 Å². The van der Waals surface area contributed by atoms with Gasteiger partial charge in [-0.1, -0.05) is 42.5 Å². The van der Waals surface area contributed by atoms with E-state index < -0.39 is 5.97 Å². The maximum atomic E-state index is 13.4. The van der Waals surface area contributed by atoms with Gasteiger partial charge in [0.15, 0.2) is 0 Å². The van der Waals surface area contributed by atoms with Crippen LogP contribution in [-0.2, 0) is 10.2 Å². The van der Waals surface area contributed by atoms with Gasteiger partial charge in [-0.3, -0.25) is 14.7 Å². The van der Waals surface area contributed by atoms with Crippen LogP contribution < -0.4 is 0 Å². The number of esters is 1. The van der Waals surface area contributed by atoms with Gasteiger partial charge in [-0.15, -0.1) is 0 Å². The SMILES string of the molecule is COC(=O)c1ccc(C(=O)N2CCC(CCN3[C@@H]4CC[C@H]3C[C@@H](n3c(C)nc5ccccc53)C4)(c3ccccc3)CC2)nc1. The van der Waals surface area contributed by atoms with Crippen molar-refractivity contribution in [2.24, 2.45) is 0 Å². The minimum atomic E-state index is -0.454. The zero-order valence-corrected chi connectivity index (χ0v) is 25.7. The second-order valence-electron chi connectivity index (χ2n) is 12.9. The van der Waals surface area contributed by atoms with E-state index in [1.54, 1.807) is 12.1 Å². The molecule has 3 fully saturated rings. The summed E-state index contributed by atoms with van der Waals surface area (Å²) in [7, 11) is 1.34. The molecule has 2 bridgehead atoms. The molecular weight excluding hydrogens is 550 g/mol. The van der Waals surface area contributed by atoms with Gasteiger partial charge in [0.25, 0.3) is 5.91 Å². The first-order valence-electron chi connectivity index (χ1n) is 16.0. The summed E-state index contributed by atoms with van der Waals surface area (Å²) < 4.78 is 7.27. The molecule has 8 heteroatoms. The minimum absolute atomic E-state index is 0.0354. The monoisotopic (exact) mass is 591 g/mol. The topological polar surface area (TPSA) is 80.6 Å². The van der Waals surface area contributed by atoms with E-state index in [9.17, 15) is 9.59 Å². The smallest absolute Gasteiger partial charge is 0.339 e. The Morgan fingerprint density at radius 2 is 1.61 bits per heavy atom. The molecule has 2 aromatic carbocycles. The summed E-state index contributed by atoms with van der Waals surface area (Å²) in [5.41, 5.74) is 4.50. The molecule has 3 saturated heterocycles. The molecule has 7 rings (SSSR count). The number of imidazole rings is 1. The summed E-state index contributed by atoms with van der Waals surface area (Å²) >= 11 is 0. The van der Waals surface area contributed by atoms with Crippen LogP contribution in [-0.4, -0.2) is 75.0 Å². The normalized spacial score (nSPS) is 23.1. The molecule has 4 aromatic rings. The summed E-state index contributed by atoms with van der Waals surface area (Å²) in [6.07, 6.45) is 9.27. The van der Waals surface area contributed by atoms with Gasteiger partial charge in [0.05, 0.1) is 23.7 Å². The number of hydrogen-bond acceptors (Lipinski definition) is 6. The first-order valence-corrected chi connectivity index (χ1v) is 16.0. The van der Waals surface area contributed by atoms with Crippen LogP contribution in [0.4, 0.5) is 0 Å². The molecule has 2 aromatic heterocycles. The first-order chi connectivity index (χ1) is 21.5. The van der Waals surface area contributed by atoms with E-state index in [2.05, 4.69) is 76.0 Å². The van der Waals surface area contributed by atoms with Crippen molar-refractivity contribution in [3.63, 3.8) is 0 Å². The second-order valence-corrected chi connectivity index (χ2v) is 12.9. The lowest BCUT2D eigenvalue weighted by molar-refractivity contribution is 0.0586. The maximum absolute atomic E-state index is 13.4. The molecule has 0 saturated carbocycles. The molecule has 3 aliphatic heterocycles. The van der Waals surface area contributed by atoms with E-state index in [0.29, 0.717) is 42.5 Å². The highest BCUT2D eigenvalue weighted by Crippen LogP contribution is 2.45. The highest BCUT2D eigenvalue weighted by atomic mass is 16.5. The van der Waals surface area contributed by atoms with Crippen LogP contribution in [0.5, 0.6) is 0 Å². The quantitative estimate of drug-likeness (QED) is 0.247. The van der Waals surface area contributed by atoms with Gasteiger partial charge in [0.1, 0.15) is 11.5 Å². The van der Waals surface area contributed by atoms with Crippen molar-refractivity contribution in [2.45, 2.75) is 75.4 Å². The lowest BCUT2D eigenvalue weighted by atomic mass is 9.70.